The molecule has 0 aliphatic heterocycles. The van der Waals surface area contributed by atoms with Crippen molar-refractivity contribution in [2.24, 2.45) is 0 Å². The van der Waals surface area contributed by atoms with Crippen LogP contribution in [0.1, 0.15) is 12.5 Å². The van der Waals surface area contributed by atoms with Crippen molar-refractivity contribution in [3.8, 4) is 0 Å². The van der Waals surface area contributed by atoms with Gasteiger partial charge in [-0.15, -0.1) is 0 Å². The van der Waals surface area contributed by atoms with Crippen LogP contribution in [0.2, 0.25) is 0 Å². The van der Waals surface area contributed by atoms with Gasteiger partial charge in [-0.1, -0.05) is 0 Å². The number of nitrogens with one attached hydrogen (secondary N) is 2. The third-order valence-corrected chi connectivity index (χ3v) is 3.30. The first-order valence-electron chi connectivity index (χ1n) is 5.30. The van der Waals surface area contributed by atoms with Crippen LogP contribution in [0.4, 0.5) is 11.4 Å². The molecule has 0 aliphatic carbocycles. The van der Waals surface area contributed by atoms with Crippen LogP contribution in [0.15, 0.2) is 18.2 Å². The van der Waals surface area contributed by atoms with E-state index in [-0.39, 0.29) is 11.6 Å². The quantitative estimate of drug-likeness (QED) is 0.740. The van der Waals surface area contributed by atoms with E-state index in [2.05, 4.69) is 10.0 Å². The standard InChI is InChI=1S/C11H14N2O5S/c1-7-5-9(3-4-10(7)12-8(2)14)13-19(17,18)6-11(15)16/h3-5,13H,6H2,1-2H3,(H,12,14)(H,15,16). The summed E-state index contributed by atoms with van der Waals surface area (Å²) in [4.78, 5) is 21.3. The van der Waals surface area contributed by atoms with Gasteiger partial charge >= 0.3 is 5.97 Å². The first kappa shape index (κ1) is 15.0. The molecule has 104 valence electrons. The van der Waals surface area contributed by atoms with E-state index in [1.807, 2.05) is 0 Å². The van der Waals surface area contributed by atoms with E-state index in [9.17, 15) is 18.0 Å². The van der Waals surface area contributed by atoms with Crippen molar-refractivity contribution in [1.82, 2.24) is 0 Å². The first-order chi connectivity index (χ1) is 8.69. The SMILES string of the molecule is CC(=O)Nc1ccc(NS(=O)(=O)CC(=O)O)cc1C. The number of carbonyl (C=O) groups is 2. The Morgan fingerprint density at radius 1 is 1.32 bits per heavy atom. The Balaban J connectivity index is 2.90. The number of carboxylic acid groups (broad SMARTS) is 1. The average molecular weight is 286 g/mol. The van der Waals surface area contributed by atoms with E-state index in [1.54, 1.807) is 6.92 Å². The van der Waals surface area contributed by atoms with Crippen LogP contribution in [0, 0.1) is 6.92 Å². The molecule has 7 nitrogen and oxygen atoms in total. The molecule has 1 rings (SSSR count). The van der Waals surface area contributed by atoms with Gasteiger partial charge in [-0.25, -0.2) is 8.42 Å². The lowest BCUT2D eigenvalue weighted by Gasteiger charge is -2.10. The summed E-state index contributed by atoms with van der Waals surface area (Å²) in [5, 5.41) is 11.0. The molecule has 0 atom stereocenters. The molecule has 0 saturated carbocycles. The Hall–Kier alpha value is -2.09. The number of aliphatic carboxylic acids is 1. The number of rotatable bonds is 5. The highest BCUT2D eigenvalue weighted by Crippen LogP contribution is 2.20. The van der Waals surface area contributed by atoms with E-state index < -0.39 is 21.7 Å². The molecule has 0 radical (unpaired) electrons. The van der Waals surface area contributed by atoms with Gasteiger partial charge in [0.2, 0.25) is 15.9 Å². The van der Waals surface area contributed by atoms with Crippen LogP contribution in [-0.2, 0) is 19.6 Å². The zero-order valence-corrected chi connectivity index (χ0v) is 11.2. The summed E-state index contributed by atoms with van der Waals surface area (Å²) in [6.45, 7) is 3.06. The monoisotopic (exact) mass is 286 g/mol. The number of amides is 1. The second-order valence-corrected chi connectivity index (χ2v) is 5.69. The molecule has 1 aromatic carbocycles. The molecule has 3 N–H and O–H groups in total. The number of carbonyl (C=O) groups excluding carboxylic acids is 1. The van der Waals surface area contributed by atoms with Crippen LogP contribution in [0.5, 0.6) is 0 Å². The topological polar surface area (TPSA) is 113 Å². The van der Waals surface area contributed by atoms with E-state index in [0.717, 1.165) is 0 Å². The second kappa shape index (κ2) is 5.70. The maximum Gasteiger partial charge on any atom is 0.320 e. The molecule has 1 aromatic rings. The van der Waals surface area contributed by atoms with Crippen LogP contribution < -0.4 is 10.0 Å². The maximum absolute atomic E-state index is 11.4. The van der Waals surface area contributed by atoms with E-state index >= 15 is 0 Å². The Bertz CT molecular complexity index is 610. The van der Waals surface area contributed by atoms with Crippen molar-refractivity contribution in [1.29, 1.82) is 0 Å². The minimum atomic E-state index is -3.92. The molecule has 0 bridgehead atoms. The predicted octanol–water partition coefficient (Wildman–Crippen LogP) is 0.780. The summed E-state index contributed by atoms with van der Waals surface area (Å²) in [6.07, 6.45) is 0. The fourth-order valence-electron chi connectivity index (χ4n) is 1.44. The highest BCUT2D eigenvalue weighted by Gasteiger charge is 2.15. The number of hydrogen-bond acceptors (Lipinski definition) is 4. The fourth-order valence-corrected chi connectivity index (χ4v) is 2.32. The minimum Gasteiger partial charge on any atom is -0.480 e. The number of carboxylic acids is 1. The predicted molar refractivity (Wildman–Crippen MR) is 70.5 cm³/mol. The summed E-state index contributed by atoms with van der Waals surface area (Å²) < 4.78 is 25.0. The molecule has 0 aromatic heterocycles. The van der Waals surface area contributed by atoms with Crippen molar-refractivity contribution in [2.75, 3.05) is 15.8 Å². The molecule has 0 unspecified atom stereocenters. The summed E-state index contributed by atoms with van der Waals surface area (Å²) in [5.74, 6) is -2.67. The lowest BCUT2D eigenvalue weighted by atomic mass is 10.2. The average Bonchev–Trinajstić information content (AvgIpc) is 2.18. The van der Waals surface area contributed by atoms with Gasteiger partial charge in [0.15, 0.2) is 5.75 Å². The first-order valence-corrected chi connectivity index (χ1v) is 6.95. The number of hydrogen-bond donors (Lipinski definition) is 3. The van der Waals surface area contributed by atoms with Gasteiger partial charge in [0.05, 0.1) is 0 Å². The molecule has 1 amide bonds. The molecule has 0 saturated heterocycles. The van der Waals surface area contributed by atoms with Gasteiger partial charge in [-0.3, -0.25) is 14.3 Å². The highest BCUT2D eigenvalue weighted by molar-refractivity contribution is 7.93. The summed E-state index contributed by atoms with van der Waals surface area (Å²) in [7, 11) is -3.92. The molecule has 0 spiro atoms. The fraction of sp³-hybridized carbons (Fsp3) is 0.273. The number of anilines is 2. The van der Waals surface area contributed by atoms with Gasteiger partial charge in [0.1, 0.15) is 0 Å². The van der Waals surface area contributed by atoms with Gasteiger partial charge in [-0.05, 0) is 30.7 Å². The molecule has 19 heavy (non-hydrogen) atoms. The largest absolute Gasteiger partial charge is 0.480 e. The smallest absolute Gasteiger partial charge is 0.320 e. The van der Waals surface area contributed by atoms with Gasteiger partial charge in [0.25, 0.3) is 0 Å². The number of sulfonamides is 1. The van der Waals surface area contributed by atoms with E-state index in [4.69, 9.17) is 5.11 Å². The molecule has 0 heterocycles. The van der Waals surface area contributed by atoms with Crippen LogP contribution in [-0.4, -0.2) is 31.2 Å². The number of aryl methyl sites for hydroxylation is 1. The van der Waals surface area contributed by atoms with Crippen LogP contribution in [0.3, 0.4) is 0 Å². The zero-order valence-electron chi connectivity index (χ0n) is 10.4. The Morgan fingerprint density at radius 2 is 1.95 bits per heavy atom. The lowest BCUT2D eigenvalue weighted by molar-refractivity contribution is -0.134. The number of benzene rings is 1. The van der Waals surface area contributed by atoms with Crippen molar-refractivity contribution in [2.45, 2.75) is 13.8 Å². The summed E-state index contributed by atoms with van der Waals surface area (Å²) >= 11 is 0. The molecular weight excluding hydrogens is 272 g/mol. The van der Waals surface area contributed by atoms with E-state index in [0.29, 0.717) is 11.3 Å². The Kier molecular flexibility index (Phi) is 4.49. The van der Waals surface area contributed by atoms with Crippen molar-refractivity contribution in [3.05, 3.63) is 23.8 Å². The van der Waals surface area contributed by atoms with Crippen molar-refractivity contribution < 1.29 is 23.1 Å². The summed E-state index contributed by atoms with van der Waals surface area (Å²) in [5.41, 5.74) is 1.47. The van der Waals surface area contributed by atoms with Gasteiger partial charge in [-0.2, -0.15) is 0 Å². The maximum atomic E-state index is 11.4. The van der Waals surface area contributed by atoms with Crippen molar-refractivity contribution in [3.63, 3.8) is 0 Å². The van der Waals surface area contributed by atoms with Gasteiger partial charge < -0.3 is 10.4 Å². The molecule has 8 heteroatoms. The molecule has 0 aliphatic rings. The third-order valence-electron chi connectivity index (χ3n) is 2.12. The zero-order chi connectivity index (χ0) is 14.6. The Labute approximate surface area is 110 Å². The van der Waals surface area contributed by atoms with Gasteiger partial charge in [0, 0.05) is 18.3 Å². The summed E-state index contributed by atoms with van der Waals surface area (Å²) in [6, 6.07) is 4.48. The Morgan fingerprint density at radius 3 is 2.42 bits per heavy atom. The van der Waals surface area contributed by atoms with Crippen LogP contribution >= 0.6 is 0 Å². The van der Waals surface area contributed by atoms with Crippen LogP contribution in [0.25, 0.3) is 0 Å². The third kappa shape index (κ3) is 4.96. The van der Waals surface area contributed by atoms with E-state index in [1.165, 1.54) is 25.1 Å². The second-order valence-electron chi connectivity index (χ2n) is 3.97. The molecular formula is C11H14N2O5S. The van der Waals surface area contributed by atoms with Crippen molar-refractivity contribution >= 4 is 33.3 Å². The minimum absolute atomic E-state index is 0.234. The normalized spacial score (nSPS) is 10.8. The lowest BCUT2D eigenvalue weighted by Crippen LogP contribution is -2.22. The molecule has 0 fully saturated rings. The highest BCUT2D eigenvalue weighted by atomic mass is 32.2.